The van der Waals surface area contributed by atoms with Crippen molar-refractivity contribution in [2.45, 2.75) is 31.8 Å². The molecule has 0 aliphatic carbocycles. The van der Waals surface area contributed by atoms with E-state index in [1.165, 1.54) is 12.1 Å². The minimum Gasteiger partial charge on any atom is -0.338 e. The van der Waals surface area contributed by atoms with E-state index in [2.05, 4.69) is 10.3 Å². The Kier molecular flexibility index (Phi) is 4.17. The van der Waals surface area contributed by atoms with E-state index in [4.69, 9.17) is 0 Å². The second-order valence-electron chi connectivity index (χ2n) is 6.45. The molecule has 0 unspecified atom stereocenters. The average molecular weight is 338 g/mol. The number of hydrogen-bond acceptors (Lipinski definition) is 3. The Morgan fingerprint density at radius 3 is 2.80 bits per heavy atom. The number of hydrogen-bond donors (Lipinski definition) is 0. The summed E-state index contributed by atoms with van der Waals surface area (Å²) in [5.41, 5.74) is 2.69. The van der Waals surface area contributed by atoms with Crippen LogP contribution in [0.25, 0.3) is 11.0 Å². The summed E-state index contributed by atoms with van der Waals surface area (Å²) in [6, 6.07) is 14.1. The molecule has 1 atom stereocenters. The van der Waals surface area contributed by atoms with Crippen LogP contribution in [0.5, 0.6) is 0 Å². The van der Waals surface area contributed by atoms with E-state index in [-0.39, 0.29) is 17.8 Å². The molecule has 1 aliphatic heterocycles. The summed E-state index contributed by atoms with van der Waals surface area (Å²) in [5, 5.41) is 8.41. The highest BCUT2D eigenvalue weighted by Crippen LogP contribution is 2.22. The number of nitrogens with zero attached hydrogens (tertiary/aromatic N) is 4. The molecular formula is C19H19FN4O. The third-order valence-electron chi connectivity index (χ3n) is 4.77. The zero-order valence-corrected chi connectivity index (χ0v) is 13.8. The average Bonchev–Trinajstić information content (AvgIpc) is 3.25. The van der Waals surface area contributed by atoms with E-state index < -0.39 is 0 Å². The summed E-state index contributed by atoms with van der Waals surface area (Å²) >= 11 is 0. The van der Waals surface area contributed by atoms with Gasteiger partial charge in [-0.3, -0.25) is 4.79 Å². The molecule has 1 fully saturated rings. The maximum Gasteiger partial charge on any atom is 0.227 e. The molecule has 0 radical (unpaired) electrons. The molecule has 2 heterocycles. The summed E-state index contributed by atoms with van der Waals surface area (Å²) in [5.74, 6) is -0.202. The number of halogens is 1. The quantitative estimate of drug-likeness (QED) is 0.735. The van der Waals surface area contributed by atoms with E-state index in [0.717, 1.165) is 36.0 Å². The summed E-state index contributed by atoms with van der Waals surface area (Å²) in [7, 11) is 0. The Morgan fingerprint density at radius 1 is 1.16 bits per heavy atom. The Bertz CT molecular complexity index is 890. The van der Waals surface area contributed by atoms with Gasteiger partial charge in [-0.15, -0.1) is 5.10 Å². The van der Waals surface area contributed by atoms with E-state index >= 15 is 0 Å². The van der Waals surface area contributed by atoms with E-state index in [1.807, 2.05) is 33.8 Å². The van der Waals surface area contributed by atoms with Crippen LogP contribution in [0.2, 0.25) is 0 Å². The number of carbonyl (C=O) groups excluding carboxylic acids is 1. The van der Waals surface area contributed by atoms with Crippen molar-refractivity contribution in [3.63, 3.8) is 0 Å². The molecule has 1 amide bonds. The molecule has 1 aliphatic rings. The number of amides is 1. The van der Waals surface area contributed by atoms with Crippen molar-refractivity contribution in [3.8, 4) is 0 Å². The van der Waals surface area contributed by atoms with Crippen LogP contribution >= 0.6 is 0 Å². The highest BCUT2D eigenvalue weighted by Gasteiger charge is 2.29. The lowest BCUT2D eigenvalue weighted by Gasteiger charge is -2.25. The first-order valence-electron chi connectivity index (χ1n) is 8.53. The van der Waals surface area contributed by atoms with Crippen LogP contribution in [0.3, 0.4) is 0 Å². The standard InChI is InChI=1S/C19H19FN4O/c20-15-9-7-14(8-10-15)12-19(25)23-11-3-4-16(23)13-24-18-6-2-1-5-17(18)21-22-24/h1-2,5-10,16H,3-4,11-13H2/t16-/m1/s1. The number of carbonyl (C=O) groups is 1. The Balaban J connectivity index is 1.48. The van der Waals surface area contributed by atoms with Crippen LogP contribution < -0.4 is 0 Å². The second-order valence-corrected chi connectivity index (χ2v) is 6.45. The van der Waals surface area contributed by atoms with E-state index in [1.54, 1.807) is 12.1 Å². The van der Waals surface area contributed by atoms with Gasteiger partial charge in [0.25, 0.3) is 0 Å². The monoisotopic (exact) mass is 338 g/mol. The fourth-order valence-electron chi connectivity index (χ4n) is 3.48. The van der Waals surface area contributed by atoms with Crippen LogP contribution in [-0.2, 0) is 17.8 Å². The molecule has 0 N–H and O–H groups in total. The predicted octanol–water partition coefficient (Wildman–Crippen LogP) is 2.80. The maximum atomic E-state index is 13.0. The molecule has 0 saturated carbocycles. The zero-order chi connectivity index (χ0) is 17.2. The molecule has 1 aromatic heterocycles. The predicted molar refractivity (Wildman–Crippen MR) is 92.4 cm³/mol. The first-order chi connectivity index (χ1) is 12.2. The molecule has 0 spiro atoms. The van der Waals surface area contributed by atoms with Crippen molar-refractivity contribution in [2.24, 2.45) is 0 Å². The van der Waals surface area contributed by atoms with Gasteiger partial charge in [0.2, 0.25) is 5.91 Å². The Morgan fingerprint density at radius 2 is 1.96 bits per heavy atom. The summed E-state index contributed by atoms with van der Waals surface area (Å²) < 4.78 is 14.9. The summed E-state index contributed by atoms with van der Waals surface area (Å²) in [4.78, 5) is 14.6. The van der Waals surface area contributed by atoms with Crippen LogP contribution in [-0.4, -0.2) is 38.4 Å². The Hall–Kier alpha value is -2.76. The van der Waals surface area contributed by atoms with Crippen molar-refractivity contribution >= 4 is 16.9 Å². The van der Waals surface area contributed by atoms with Crippen molar-refractivity contribution in [3.05, 3.63) is 59.9 Å². The molecule has 4 rings (SSSR count). The number of likely N-dealkylation sites (tertiary alicyclic amines) is 1. The number of para-hydroxylation sites is 1. The largest absolute Gasteiger partial charge is 0.338 e. The lowest BCUT2D eigenvalue weighted by molar-refractivity contribution is -0.131. The fraction of sp³-hybridized carbons (Fsp3) is 0.316. The second kappa shape index (κ2) is 6.63. The third kappa shape index (κ3) is 3.24. The molecule has 6 heteroatoms. The molecule has 5 nitrogen and oxygen atoms in total. The fourth-order valence-corrected chi connectivity index (χ4v) is 3.48. The van der Waals surface area contributed by atoms with Gasteiger partial charge >= 0.3 is 0 Å². The van der Waals surface area contributed by atoms with Crippen molar-refractivity contribution < 1.29 is 9.18 Å². The Labute approximate surface area is 145 Å². The lowest BCUT2D eigenvalue weighted by Crippen LogP contribution is -2.39. The minimum absolute atomic E-state index is 0.0820. The van der Waals surface area contributed by atoms with Gasteiger partial charge in [0.1, 0.15) is 11.3 Å². The highest BCUT2D eigenvalue weighted by atomic mass is 19.1. The van der Waals surface area contributed by atoms with Gasteiger partial charge in [-0.05, 0) is 42.7 Å². The van der Waals surface area contributed by atoms with Gasteiger partial charge in [-0.25, -0.2) is 9.07 Å². The molecule has 1 saturated heterocycles. The van der Waals surface area contributed by atoms with Crippen LogP contribution in [0.1, 0.15) is 18.4 Å². The maximum absolute atomic E-state index is 13.0. The van der Waals surface area contributed by atoms with Gasteiger partial charge in [0.15, 0.2) is 0 Å². The van der Waals surface area contributed by atoms with Crippen LogP contribution in [0, 0.1) is 5.82 Å². The van der Waals surface area contributed by atoms with Crippen LogP contribution in [0.4, 0.5) is 4.39 Å². The van der Waals surface area contributed by atoms with Gasteiger partial charge in [0, 0.05) is 6.54 Å². The number of benzene rings is 2. The molecule has 3 aromatic rings. The zero-order valence-electron chi connectivity index (χ0n) is 13.8. The van der Waals surface area contributed by atoms with E-state index in [9.17, 15) is 9.18 Å². The normalized spacial score (nSPS) is 17.3. The molecule has 0 bridgehead atoms. The van der Waals surface area contributed by atoms with Gasteiger partial charge in [-0.2, -0.15) is 0 Å². The summed E-state index contributed by atoms with van der Waals surface area (Å²) in [6.45, 7) is 1.41. The highest BCUT2D eigenvalue weighted by molar-refractivity contribution is 5.79. The molecular weight excluding hydrogens is 319 g/mol. The topological polar surface area (TPSA) is 51.0 Å². The lowest BCUT2D eigenvalue weighted by atomic mass is 10.1. The van der Waals surface area contributed by atoms with Crippen molar-refractivity contribution in [2.75, 3.05) is 6.54 Å². The summed E-state index contributed by atoms with van der Waals surface area (Å²) in [6.07, 6.45) is 2.25. The van der Waals surface area contributed by atoms with Crippen LogP contribution in [0.15, 0.2) is 48.5 Å². The van der Waals surface area contributed by atoms with Crippen molar-refractivity contribution in [1.29, 1.82) is 0 Å². The minimum atomic E-state index is -0.284. The van der Waals surface area contributed by atoms with Crippen molar-refractivity contribution in [1.82, 2.24) is 19.9 Å². The number of fused-ring (bicyclic) bond motifs is 1. The van der Waals surface area contributed by atoms with E-state index in [0.29, 0.717) is 13.0 Å². The molecule has 128 valence electrons. The van der Waals surface area contributed by atoms with Gasteiger partial charge < -0.3 is 4.90 Å². The molecule has 25 heavy (non-hydrogen) atoms. The molecule has 2 aromatic carbocycles. The van der Waals surface area contributed by atoms with Gasteiger partial charge in [-0.1, -0.05) is 29.5 Å². The first-order valence-corrected chi connectivity index (χ1v) is 8.53. The third-order valence-corrected chi connectivity index (χ3v) is 4.77. The first kappa shape index (κ1) is 15.7. The SMILES string of the molecule is O=C(Cc1ccc(F)cc1)N1CCC[C@@H]1Cn1nnc2ccccc21. The number of rotatable bonds is 4. The number of aromatic nitrogens is 3. The van der Waals surface area contributed by atoms with Gasteiger partial charge in [0.05, 0.1) is 24.5 Å². The smallest absolute Gasteiger partial charge is 0.227 e.